The molecule has 238 valence electrons. The summed E-state index contributed by atoms with van der Waals surface area (Å²) in [6, 6.07) is 29.7. The molecule has 0 bridgehead atoms. The molecule has 1 aromatic heterocycles. The van der Waals surface area contributed by atoms with Crippen LogP contribution in [0.4, 0.5) is 0 Å². The van der Waals surface area contributed by atoms with E-state index in [1.165, 1.54) is 18.8 Å². The van der Waals surface area contributed by atoms with Gasteiger partial charge >= 0.3 is 11.2 Å². The highest BCUT2D eigenvalue weighted by Gasteiger charge is 2.24. The number of hydrogen-bond acceptors (Lipinski definition) is 9. The monoisotopic (exact) mass is 625 g/mol. The van der Waals surface area contributed by atoms with Crippen LogP contribution in [0.5, 0.6) is 23.0 Å². The number of ether oxygens (including phenoxy) is 6. The van der Waals surface area contributed by atoms with Crippen LogP contribution < -0.4 is 30.1 Å². The molecule has 0 spiro atoms. The number of rotatable bonds is 14. The molecule has 4 aromatic carbocycles. The molecule has 0 saturated heterocycles. The maximum atomic E-state index is 13.4. The number of benzene rings is 4. The lowest BCUT2D eigenvalue weighted by Gasteiger charge is -2.21. The summed E-state index contributed by atoms with van der Waals surface area (Å²) in [5, 5.41) is 0. The first-order chi connectivity index (χ1) is 22.4. The third-order valence-corrected chi connectivity index (χ3v) is 7.29. The van der Waals surface area contributed by atoms with Gasteiger partial charge in [0.25, 0.3) is 0 Å². The van der Waals surface area contributed by atoms with Gasteiger partial charge in [-0.3, -0.25) is 9.36 Å². The van der Waals surface area contributed by atoms with Crippen molar-refractivity contribution < 1.29 is 32.8 Å². The Bertz CT molecular complexity index is 1860. The average molecular weight is 626 g/mol. The fraction of sp³-hybridized carbons (Fsp3) is 0.222. The average Bonchev–Trinajstić information content (AvgIpc) is 3.11. The van der Waals surface area contributed by atoms with Crippen molar-refractivity contribution in [3.8, 4) is 45.6 Å². The van der Waals surface area contributed by atoms with Crippen molar-refractivity contribution in [2.24, 2.45) is 0 Å². The third kappa shape index (κ3) is 7.31. The van der Waals surface area contributed by atoms with Crippen molar-refractivity contribution in [3.63, 3.8) is 0 Å². The molecule has 0 saturated carbocycles. The van der Waals surface area contributed by atoms with Crippen LogP contribution in [0.2, 0.25) is 0 Å². The lowest BCUT2D eigenvalue weighted by molar-refractivity contribution is -0.111. The Kier molecular flexibility index (Phi) is 10.5. The van der Waals surface area contributed by atoms with Gasteiger partial charge in [-0.05, 0) is 47.5 Å². The van der Waals surface area contributed by atoms with E-state index in [9.17, 15) is 9.59 Å². The van der Waals surface area contributed by atoms with Crippen molar-refractivity contribution in [1.82, 2.24) is 4.57 Å². The van der Waals surface area contributed by atoms with Gasteiger partial charge in [0, 0.05) is 25.3 Å². The standard InChI is InChI=1S/C36H35NO9/c1-40-28-17-15-26(19-30(28)44-22-24-11-7-5-8-12-24)33-34(46-36(39)35(38)37(33)21-32(42-3)43-4)27-16-18-29(41-2)31(20-27)45-23-25-13-9-6-10-14-25/h5-20,32H,21-23H2,1-4H3. The minimum absolute atomic E-state index is 0.0977. The van der Waals surface area contributed by atoms with Gasteiger partial charge in [-0.1, -0.05) is 60.7 Å². The number of hydrogen-bond donors (Lipinski definition) is 0. The Hall–Kier alpha value is -5.32. The molecule has 0 atom stereocenters. The van der Waals surface area contributed by atoms with E-state index in [2.05, 4.69) is 0 Å². The van der Waals surface area contributed by atoms with Crippen LogP contribution in [0.3, 0.4) is 0 Å². The largest absolute Gasteiger partial charge is 0.493 e. The van der Waals surface area contributed by atoms with E-state index in [1.807, 2.05) is 60.7 Å². The summed E-state index contributed by atoms with van der Waals surface area (Å²) >= 11 is 0. The molecule has 0 radical (unpaired) electrons. The molecular weight excluding hydrogens is 590 g/mol. The third-order valence-electron chi connectivity index (χ3n) is 7.29. The van der Waals surface area contributed by atoms with Crippen LogP contribution in [-0.2, 0) is 29.2 Å². The van der Waals surface area contributed by atoms with Crippen LogP contribution in [0, 0.1) is 0 Å². The maximum absolute atomic E-state index is 13.4. The van der Waals surface area contributed by atoms with Gasteiger partial charge in [0.15, 0.2) is 35.0 Å². The summed E-state index contributed by atoms with van der Waals surface area (Å²) in [5.41, 5.74) is 1.28. The Morgan fingerprint density at radius 1 is 0.630 bits per heavy atom. The second-order valence-corrected chi connectivity index (χ2v) is 10.2. The SMILES string of the molecule is COc1ccc(-c2oc(=O)c(=O)n(CC(OC)OC)c2-c2ccc(OC)c(OCc3ccccc3)c2)cc1OCc1ccccc1. The number of aromatic nitrogens is 1. The van der Waals surface area contributed by atoms with Crippen molar-refractivity contribution >= 4 is 0 Å². The maximum Gasteiger partial charge on any atom is 0.402 e. The number of nitrogens with zero attached hydrogens (tertiary/aromatic N) is 1. The molecular formula is C36H35NO9. The lowest BCUT2D eigenvalue weighted by Crippen LogP contribution is -2.38. The fourth-order valence-corrected chi connectivity index (χ4v) is 4.91. The van der Waals surface area contributed by atoms with Crippen LogP contribution in [-0.4, -0.2) is 39.3 Å². The predicted molar refractivity (Wildman–Crippen MR) is 173 cm³/mol. The second kappa shape index (κ2) is 15.1. The molecule has 0 aliphatic heterocycles. The summed E-state index contributed by atoms with van der Waals surface area (Å²) in [6.07, 6.45) is -0.834. The smallest absolute Gasteiger partial charge is 0.402 e. The van der Waals surface area contributed by atoms with Gasteiger partial charge in [0.05, 0.1) is 26.5 Å². The van der Waals surface area contributed by atoms with E-state index < -0.39 is 17.5 Å². The van der Waals surface area contributed by atoms with Crippen LogP contribution in [0.15, 0.2) is 111 Å². The molecule has 5 aromatic rings. The van der Waals surface area contributed by atoms with Gasteiger partial charge in [-0.15, -0.1) is 0 Å². The van der Waals surface area contributed by atoms with Crippen LogP contribution in [0.25, 0.3) is 22.6 Å². The summed E-state index contributed by atoms with van der Waals surface area (Å²) in [7, 11) is 5.99. The van der Waals surface area contributed by atoms with Crippen molar-refractivity contribution in [2.75, 3.05) is 28.4 Å². The summed E-state index contributed by atoms with van der Waals surface area (Å²) in [5.74, 6) is 1.94. The normalized spacial score (nSPS) is 11.0. The van der Waals surface area contributed by atoms with E-state index in [0.29, 0.717) is 39.8 Å². The molecule has 0 aliphatic rings. The molecule has 0 N–H and O–H groups in total. The quantitative estimate of drug-likeness (QED) is 0.110. The molecule has 0 aliphatic carbocycles. The zero-order valence-electron chi connectivity index (χ0n) is 26.1. The summed E-state index contributed by atoms with van der Waals surface area (Å²) in [4.78, 5) is 26.4. The zero-order chi connectivity index (χ0) is 32.5. The van der Waals surface area contributed by atoms with E-state index in [1.54, 1.807) is 50.6 Å². The van der Waals surface area contributed by atoms with Crippen LogP contribution in [0.1, 0.15) is 11.1 Å². The van der Waals surface area contributed by atoms with E-state index in [4.69, 9.17) is 32.8 Å². The topological polar surface area (TPSA) is 108 Å². The predicted octanol–water partition coefficient (Wildman–Crippen LogP) is 5.93. The second-order valence-electron chi connectivity index (χ2n) is 10.2. The van der Waals surface area contributed by atoms with Gasteiger partial charge in [-0.25, -0.2) is 4.79 Å². The molecule has 0 fully saturated rings. The molecule has 10 nitrogen and oxygen atoms in total. The van der Waals surface area contributed by atoms with Gasteiger partial charge in [0.1, 0.15) is 13.2 Å². The van der Waals surface area contributed by atoms with Gasteiger partial charge in [-0.2, -0.15) is 0 Å². The van der Waals surface area contributed by atoms with Crippen LogP contribution >= 0.6 is 0 Å². The molecule has 46 heavy (non-hydrogen) atoms. The van der Waals surface area contributed by atoms with Crippen molar-refractivity contribution in [3.05, 3.63) is 129 Å². The highest BCUT2D eigenvalue weighted by atomic mass is 16.7. The Morgan fingerprint density at radius 2 is 1.13 bits per heavy atom. The first-order valence-electron chi connectivity index (χ1n) is 14.5. The highest BCUT2D eigenvalue weighted by Crippen LogP contribution is 2.39. The van der Waals surface area contributed by atoms with Crippen molar-refractivity contribution in [2.45, 2.75) is 26.0 Å². The van der Waals surface area contributed by atoms with E-state index >= 15 is 0 Å². The lowest BCUT2D eigenvalue weighted by atomic mass is 10.0. The molecule has 0 unspecified atom stereocenters. The first kappa shape index (κ1) is 32.1. The first-order valence-corrected chi connectivity index (χ1v) is 14.5. The zero-order valence-corrected chi connectivity index (χ0v) is 26.1. The number of methoxy groups -OCH3 is 4. The van der Waals surface area contributed by atoms with Gasteiger partial charge in [0.2, 0.25) is 0 Å². The Labute approximate surface area is 266 Å². The Balaban J connectivity index is 1.66. The fourth-order valence-electron chi connectivity index (χ4n) is 4.91. The molecule has 5 rings (SSSR count). The Morgan fingerprint density at radius 3 is 1.63 bits per heavy atom. The molecule has 10 heteroatoms. The summed E-state index contributed by atoms with van der Waals surface area (Å²) in [6.45, 7) is 0.459. The molecule has 0 amide bonds. The van der Waals surface area contributed by atoms with E-state index in [-0.39, 0.29) is 25.5 Å². The summed E-state index contributed by atoms with van der Waals surface area (Å²) < 4.78 is 41.3. The molecule has 1 heterocycles. The minimum Gasteiger partial charge on any atom is -0.493 e. The minimum atomic E-state index is -1.05. The van der Waals surface area contributed by atoms with Crippen molar-refractivity contribution in [1.29, 1.82) is 0 Å². The highest BCUT2D eigenvalue weighted by molar-refractivity contribution is 5.79. The van der Waals surface area contributed by atoms with E-state index in [0.717, 1.165) is 11.1 Å². The van der Waals surface area contributed by atoms with Gasteiger partial charge < -0.3 is 32.8 Å².